The molecule has 0 aliphatic rings. The molecule has 0 radical (unpaired) electrons. The van der Waals surface area contributed by atoms with Gasteiger partial charge in [0.15, 0.2) is 0 Å². The lowest BCUT2D eigenvalue weighted by atomic mass is 10.1. The summed E-state index contributed by atoms with van der Waals surface area (Å²) >= 11 is 0. The maximum absolute atomic E-state index is 13.5. The van der Waals surface area contributed by atoms with Gasteiger partial charge in [0.1, 0.15) is 0 Å². The van der Waals surface area contributed by atoms with Crippen LogP contribution < -0.4 is 0 Å². The molecule has 16 heavy (non-hydrogen) atoms. The summed E-state index contributed by atoms with van der Waals surface area (Å²) in [6.07, 6.45) is -0.424. The van der Waals surface area contributed by atoms with Crippen LogP contribution >= 0.6 is 0 Å². The summed E-state index contributed by atoms with van der Waals surface area (Å²) in [7, 11) is 0. The molecule has 3 heteroatoms. The first-order valence-corrected chi connectivity index (χ1v) is 5.54. The van der Waals surface area contributed by atoms with Crippen molar-refractivity contribution in [3.05, 3.63) is 35.9 Å². The largest absolute Gasteiger partial charge is 0.339 e. The molecule has 0 unspecified atom stereocenters. The van der Waals surface area contributed by atoms with Crippen LogP contribution in [0, 0.1) is 0 Å². The van der Waals surface area contributed by atoms with Gasteiger partial charge in [0.25, 0.3) is 6.36 Å². The highest BCUT2D eigenvalue weighted by Crippen LogP contribution is 2.11. The number of carbonyl (C=O) groups excluding carboxylic acids is 1. The smallest absolute Gasteiger partial charge is 0.263 e. The topological polar surface area (TPSA) is 26.3 Å². The van der Waals surface area contributed by atoms with Gasteiger partial charge < -0.3 is 4.74 Å². The van der Waals surface area contributed by atoms with Gasteiger partial charge in [-0.15, -0.1) is 0 Å². The van der Waals surface area contributed by atoms with E-state index in [0.717, 1.165) is 12.8 Å². The maximum Gasteiger partial charge on any atom is 0.263 e. The zero-order valence-corrected chi connectivity index (χ0v) is 9.65. The van der Waals surface area contributed by atoms with Crippen LogP contribution in [0.25, 0.3) is 0 Å². The molecule has 2 nitrogen and oxygen atoms in total. The van der Waals surface area contributed by atoms with Gasteiger partial charge in [-0.25, -0.2) is 4.39 Å². The number of hydrogen-bond acceptors (Lipinski definition) is 2. The second-order valence-corrected chi connectivity index (χ2v) is 3.78. The Morgan fingerprint density at radius 1 is 1.38 bits per heavy atom. The minimum atomic E-state index is -1.86. The van der Waals surface area contributed by atoms with Crippen molar-refractivity contribution >= 4 is 5.78 Å². The van der Waals surface area contributed by atoms with E-state index in [4.69, 9.17) is 4.74 Å². The van der Waals surface area contributed by atoms with Crippen molar-refractivity contribution in [3.8, 4) is 0 Å². The van der Waals surface area contributed by atoms with Gasteiger partial charge in [-0.3, -0.25) is 4.79 Å². The molecule has 1 aromatic carbocycles. The van der Waals surface area contributed by atoms with Gasteiger partial charge in [-0.05, 0) is 13.3 Å². The zero-order chi connectivity index (χ0) is 12.0. The normalized spacial score (nSPS) is 14.4. The number of halogens is 1. The van der Waals surface area contributed by atoms with Crippen molar-refractivity contribution in [3.63, 3.8) is 0 Å². The van der Waals surface area contributed by atoms with Crippen LogP contribution in [0.4, 0.5) is 4.39 Å². The first kappa shape index (κ1) is 12.8. The predicted octanol–water partition coefficient (Wildman–Crippen LogP) is 3.37. The Morgan fingerprint density at radius 2 is 2.00 bits per heavy atom. The SMILES string of the molecule is CCC[C@@H](C)O[C@H](F)C(=O)c1ccccc1. The summed E-state index contributed by atoms with van der Waals surface area (Å²) in [6, 6.07) is 8.36. The number of ketones is 1. The van der Waals surface area contributed by atoms with Gasteiger partial charge in [0, 0.05) is 5.56 Å². The molecule has 0 fully saturated rings. The summed E-state index contributed by atoms with van der Waals surface area (Å²) in [5.41, 5.74) is 0.346. The number of rotatable bonds is 6. The average Bonchev–Trinajstić information content (AvgIpc) is 2.29. The molecule has 0 saturated carbocycles. The van der Waals surface area contributed by atoms with Crippen molar-refractivity contribution in [1.29, 1.82) is 0 Å². The molecule has 0 aromatic heterocycles. The van der Waals surface area contributed by atoms with Gasteiger partial charge in [-0.1, -0.05) is 43.7 Å². The molecule has 0 saturated heterocycles. The number of hydrogen-bond donors (Lipinski definition) is 0. The second kappa shape index (κ2) is 6.38. The minimum absolute atomic E-state index is 0.229. The van der Waals surface area contributed by atoms with Crippen LogP contribution in [0.15, 0.2) is 30.3 Å². The molecule has 88 valence electrons. The van der Waals surface area contributed by atoms with Gasteiger partial charge in [-0.2, -0.15) is 0 Å². The molecule has 1 rings (SSSR count). The lowest BCUT2D eigenvalue weighted by Crippen LogP contribution is -2.24. The van der Waals surface area contributed by atoms with Crippen LogP contribution in [0.5, 0.6) is 0 Å². The van der Waals surface area contributed by atoms with E-state index in [0.29, 0.717) is 5.56 Å². The van der Waals surface area contributed by atoms with Crippen molar-refractivity contribution in [2.75, 3.05) is 0 Å². The van der Waals surface area contributed by atoms with E-state index in [1.54, 1.807) is 37.3 Å². The molecular weight excluding hydrogens is 207 g/mol. The van der Waals surface area contributed by atoms with E-state index >= 15 is 0 Å². The lowest BCUT2D eigenvalue weighted by Gasteiger charge is -2.14. The molecule has 0 aliphatic carbocycles. The quantitative estimate of drug-likeness (QED) is 0.692. The molecule has 0 spiro atoms. The highest BCUT2D eigenvalue weighted by atomic mass is 19.1. The van der Waals surface area contributed by atoms with Crippen LogP contribution in [0.1, 0.15) is 37.0 Å². The Kier molecular flexibility index (Phi) is 5.12. The summed E-state index contributed by atoms with van der Waals surface area (Å²) < 4.78 is 18.5. The van der Waals surface area contributed by atoms with E-state index in [2.05, 4.69) is 0 Å². The summed E-state index contributed by atoms with van der Waals surface area (Å²) in [5.74, 6) is -0.608. The van der Waals surface area contributed by atoms with E-state index < -0.39 is 12.1 Å². The van der Waals surface area contributed by atoms with E-state index in [1.165, 1.54) is 0 Å². The maximum atomic E-state index is 13.5. The molecule has 2 atom stereocenters. The van der Waals surface area contributed by atoms with E-state index in [-0.39, 0.29) is 6.10 Å². The standard InChI is InChI=1S/C13H17FO2/c1-3-7-10(2)16-13(14)12(15)11-8-5-4-6-9-11/h4-6,8-10,13H,3,7H2,1-2H3/t10-,13+/m1/s1. The summed E-state index contributed by atoms with van der Waals surface area (Å²) in [5, 5.41) is 0. The van der Waals surface area contributed by atoms with Crippen LogP contribution in [-0.4, -0.2) is 18.2 Å². The second-order valence-electron chi connectivity index (χ2n) is 3.78. The average molecular weight is 224 g/mol. The Hall–Kier alpha value is -1.22. The van der Waals surface area contributed by atoms with Crippen LogP contribution in [-0.2, 0) is 4.74 Å². The third kappa shape index (κ3) is 3.74. The van der Waals surface area contributed by atoms with Crippen LogP contribution in [0.2, 0.25) is 0 Å². The summed E-state index contributed by atoms with van der Waals surface area (Å²) in [4.78, 5) is 11.6. The highest BCUT2D eigenvalue weighted by molar-refractivity contribution is 5.98. The molecule has 0 amide bonds. The third-order valence-electron chi connectivity index (χ3n) is 2.31. The Bertz CT molecular complexity index is 324. The van der Waals surface area contributed by atoms with E-state index in [1.807, 2.05) is 6.92 Å². The number of benzene rings is 1. The number of alkyl halides is 1. The minimum Gasteiger partial charge on any atom is -0.339 e. The monoisotopic (exact) mass is 224 g/mol. The fraction of sp³-hybridized carbons (Fsp3) is 0.462. The van der Waals surface area contributed by atoms with Gasteiger partial charge in [0.05, 0.1) is 6.10 Å². The predicted molar refractivity (Wildman–Crippen MR) is 61.1 cm³/mol. The highest BCUT2D eigenvalue weighted by Gasteiger charge is 2.21. The fourth-order valence-corrected chi connectivity index (χ4v) is 1.47. The Labute approximate surface area is 95.4 Å². The molecule has 0 aliphatic heterocycles. The Morgan fingerprint density at radius 3 is 2.56 bits per heavy atom. The molecule has 0 heterocycles. The number of Topliss-reactive ketones (excluding diaryl/α,β-unsaturated/α-hetero) is 1. The number of carbonyl (C=O) groups is 1. The molecule has 0 N–H and O–H groups in total. The van der Waals surface area contributed by atoms with Crippen molar-refractivity contribution in [1.82, 2.24) is 0 Å². The van der Waals surface area contributed by atoms with Crippen molar-refractivity contribution in [2.24, 2.45) is 0 Å². The molecule has 1 aromatic rings. The van der Waals surface area contributed by atoms with Gasteiger partial charge >= 0.3 is 0 Å². The lowest BCUT2D eigenvalue weighted by molar-refractivity contribution is -0.0592. The zero-order valence-electron chi connectivity index (χ0n) is 9.65. The van der Waals surface area contributed by atoms with Crippen molar-refractivity contribution < 1.29 is 13.9 Å². The van der Waals surface area contributed by atoms with Crippen molar-refractivity contribution in [2.45, 2.75) is 39.2 Å². The van der Waals surface area contributed by atoms with Gasteiger partial charge in [0.2, 0.25) is 5.78 Å². The Balaban J connectivity index is 2.55. The van der Waals surface area contributed by atoms with Crippen LogP contribution in [0.3, 0.4) is 0 Å². The number of ether oxygens (including phenoxy) is 1. The molecular formula is C13H17FO2. The van der Waals surface area contributed by atoms with E-state index in [9.17, 15) is 9.18 Å². The third-order valence-corrected chi connectivity index (χ3v) is 2.31. The first-order chi connectivity index (χ1) is 7.65. The summed E-state index contributed by atoms with van der Waals surface area (Å²) in [6.45, 7) is 3.76. The fourth-order valence-electron chi connectivity index (χ4n) is 1.47. The first-order valence-electron chi connectivity index (χ1n) is 5.54. The molecule has 0 bridgehead atoms.